The molecule has 3 aliphatic rings. The predicted octanol–water partition coefficient (Wildman–Crippen LogP) is 4.48. The highest BCUT2D eigenvalue weighted by Crippen LogP contribution is 2.58. The molecule has 2 fully saturated rings. The highest BCUT2D eigenvalue weighted by atomic mass is 79.9. The Balaban J connectivity index is 0.000000260. The third kappa shape index (κ3) is 3.58. The zero-order chi connectivity index (χ0) is 20.0. The highest BCUT2D eigenvalue weighted by Gasteiger charge is 2.54. The lowest BCUT2D eigenvalue weighted by Crippen LogP contribution is -2.59. The van der Waals surface area contributed by atoms with E-state index in [0.717, 1.165) is 16.8 Å². The van der Waals surface area contributed by atoms with E-state index >= 15 is 0 Å². The van der Waals surface area contributed by atoms with Crippen LogP contribution in [-0.4, -0.2) is 46.9 Å². The summed E-state index contributed by atoms with van der Waals surface area (Å²) >= 11 is 3.70. The Kier molecular flexibility index (Phi) is 5.51. The van der Waals surface area contributed by atoms with Crippen LogP contribution in [0.2, 0.25) is 0 Å². The molecular formula is C19H23BrF3NO3. The highest BCUT2D eigenvalue weighted by molar-refractivity contribution is 9.10. The second kappa shape index (κ2) is 7.28. The summed E-state index contributed by atoms with van der Waals surface area (Å²) in [6.07, 6.45) is 2.70. The van der Waals surface area contributed by atoms with Crippen LogP contribution in [0.15, 0.2) is 16.6 Å². The topological polar surface area (TPSA) is 60.8 Å². The minimum atomic E-state index is -5.08. The maximum absolute atomic E-state index is 10.6. The molecule has 1 saturated carbocycles. The number of aromatic hydroxyl groups is 1. The molecular weight excluding hydrogens is 427 g/mol. The Hall–Kier alpha value is -1.28. The monoisotopic (exact) mass is 449 g/mol. The normalized spacial score (nSPS) is 29.8. The number of alkyl halides is 3. The predicted molar refractivity (Wildman–Crippen MR) is 97.9 cm³/mol. The molecule has 4 nitrogen and oxygen atoms in total. The minimum absolute atomic E-state index is 0.320. The van der Waals surface area contributed by atoms with Crippen molar-refractivity contribution in [1.29, 1.82) is 0 Å². The fourth-order valence-electron chi connectivity index (χ4n) is 5.26. The summed E-state index contributed by atoms with van der Waals surface area (Å²) in [6, 6.07) is 4.72. The summed E-state index contributed by atoms with van der Waals surface area (Å²) < 4.78 is 32.7. The number of phenols is 1. The number of rotatable bonds is 0. The van der Waals surface area contributed by atoms with Crippen LogP contribution < -0.4 is 0 Å². The lowest BCUT2D eigenvalue weighted by Gasteiger charge is -2.58. The number of hydrogen-bond acceptors (Lipinski definition) is 3. The number of nitrogens with zero attached hydrogens (tertiary/aromatic N) is 1. The first-order valence-corrected chi connectivity index (χ1v) is 9.88. The number of fused-ring (bicyclic) bond motifs is 1. The molecule has 0 amide bonds. The first-order valence-electron chi connectivity index (χ1n) is 9.09. The summed E-state index contributed by atoms with van der Waals surface area (Å²) in [6.45, 7) is 1.20. The van der Waals surface area contributed by atoms with Crippen LogP contribution >= 0.6 is 15.9 Å². The number of piperidine rings is 1. The minimum Gasteiger partial charge on any atom is -0.507 e. The van der Waals surface area contributed by atoms with Crippen LogP contribution in [0.3, 0.4) is 0 Å². The number of benzene rings is 1. The van der Waals surface area contributed by atoms with Gasteiger partial charge < -0.3 is 15.1 Å². The molecule has 3 atom stereocenters. The van der Waals surface area contributed by atoms with Crippen molar-refractivity contribution >= 4 is 21.9 Å². The van der Waals surface area contributed by atoms with Gasteiger partial charge in [0.2, 0.25) is 0 Å². The number of phenolic OH excluding ortho intramolecular Hbond substituents is 1. The Morgan fingerprint density at radius 2 is 1.96 bits per heavy atom. The van der Waals surface area contributed by atoms with Crippen molar-refractivity contribution in [3.63, 3.8) is 0 Å². The van der Waals surface area contributed by atoms with Gasteiger partial charge in [0.05, 0.1) is 4.47 Å². The van der Waals surface area contributed by atoms with E-state index in [4.69, 9.17) is 9.90 Å². The summed E-state index contributed by atoms with van der Waals surface area (Å²) in [4.78, 5) is 11.5. The second-order valence-corrected chi connectivity index (χ2v) is 8.54. The summed E-state index contributed by atoms with van der Waals surface area (Å²) in [5.41, 5.74) is 3.23. The standard InChI is InChI=1S/C17H22BrNO.C2HF3O2/c1-19-9-8-17-7-3-2-4-12(17)13(19)10-11-5-6-14(20)16(18)15(11)17;3-2(4,5)1(6)7/h5-6,12-13,20H,2-4,7-10H2,1H3;(H,6,7)/t12-,13+,17+;/m1./s1. The van der Waals surface area contributed by atoms with Gasteiger partial charge in [0.1, 0.15) is 5.75 Å². The van der Waals surface area contributed by atoms with Crippen molar-refractivity contribution in [2.45, 2.75) is 56.2 Å². The van der Waals surface area contributed by atoms with E-state index in [1.165, 1.54) is 49.8 Å². The zero-order valence-corrected chi connectivity index (χ0v) is 16.6. The molecule has 0 radical (unpaired) electrons. The number of likely N-dealkylation sites (N-methyl/N-ethyl adjacent to an activating group) is 1. The molecule has 150 valence electrons. The molecule has 2 N–H and O–H groups in total. The van der Waals surface area contributed by atoms with Crippen molar-refractivity contribution in [3.8, 4) is 5.75 Å². The van der Waals surface area contributed by atoms with E-state index in [0.29, 0.717) is 17.2 Å². The largest absolute Gasteiger partial charge is 0.507 e. The quantitative estimate of drug-likeness (QED) is 0.612. The van der Waals surface area contributed by atoms with Crippen LogP contribution in [0, 0.1) is 5.92 Å². The van der Waals surface area contributed by atoms with E-state index < -0.39 is 12.1 Å². The van der Waals surface area contributed by atoms with Gasteiger partial charge in [-0.05, 0) is 78.3 Å². The molecule has 2 bridgehead atoms. The van der Waals surface area contributed by atoms with Gasteiger partial charge >= 0.3 is 12.1 Å². The van der Waals surface area contributed by atoms with Crippen LogP contribution in [0.25, 0.3) is 0 Å². The molecule has 1 aliphatic heterocycles. The maximum Gasteiger partial charge on any atom is 0.490 e. The van der Waals surface area contributed by atoms with Gasteiger partial charge in [-0.25, -0.2) is 4.79 Å². The maximum atomic E-state index is 10.6. The number of halogens is 4. The van der Waals surface area contributed by atoms with E-state index in [1.54, 1.807) is 0 Å². The first-order chi connectivity index (χ1) is 12.6. The van der Waals surface area contributed by atoms with Gasteiger partial charge in [-0.15, -0.1) is 0 Å². The average Bonchev–Trinajstić information content (AvgIpc) is 2.60. The van der Waals surface area contributed by atoms with Gasteiger partial charge in [-0.3, -0.25) is 0 Å². The number of carboxylic acids is 1. The molecule has 0 aromatic heterocycles. The number of carboxylic acid groups (broad SMARTS) is 1. The molecule has 4 rings (SSSR count). The number of aliphatic carboxylic acids is 1. The van der Waals surface area contributed by atoms with Crippen molar-refractivity contribution in [2.24, 2.45) is 5.92 Å². The summed E-state index contributed by atoms with van der Waals surface area (Å²) in [7, 11) is 2.30. The van der Waals surface area contributed by atoms with Crippen molar-refractivity contribution in [1.82, 2.24) is 4.90 Å². The number of hydrogen-bond donors (Lipinski definition) is 2. The van der Waals surface area contributed by atoms with Crippen LogP contribution in [0.1, 0.15) is 43.2 Å². The number of carbonyl (C=O) groups is 1. The lowest BCUT2D eigenvalue weighted by atomic mass is 9.52. The Labute approximate surface area is 164 Å². The third-order valence-electron chi connectivity index (χ3n) is 6.42. The molecule has 1 heterocycles. The van der Waals surface area contributed by atoms with E-state index in [9.17, 15) is 18.3 Å². The molecule has 1 saturated heterocycles. The zero-order valence-electron chi connectivity index (χ0n) is 15.0. The third-order valence-corrected chi connectivity index (χ3v) is 7.22. The number of likely N-dealkylation sites (tertiary alicyclic amines) is 1. The van der Waals surface area contributed by atoms with Gasteiger partial charge in [0.25, 0.3) is 0 Å². The first kappa shape index (κ1) is 20.5. The molecule has 1 aromatic rings. The van der Waals surface area contributed by atoms with Crippen LogP contribution in [0.4, 0.5) is 13.2 Å². The van der Waals surface area contributed by atoms with Gasteiger partial charge in [-0.2, -0.15) is 13.2 Å². The Morgan fingerprint density at radius 1 is 1.30 bits per heavy atom. The Bertz CT molecular complexity index is 740. The molecule has 27 heavy (non-hydrogen) atoms. The second-order valence-electron chi connectivity index (χ2n) is 7.75. The molecule has 8 heteroatoms. The fourth-order valence-corrected chi connectivity index (χ4v) is 6.04. The smallest absolute Gasteiger partial charge is 0.490 e. The summed E-state index contributed by atoms with van der Waals surface area (Å²) in [5, 5.41) is 17.3. The van der Waals surface area contributed by atoms with Crippen molar-refractivity contribution < 1.29 is 28.2 Å². The lowest BCUT2D eigenvalue weighted by molar-refractivity contribution is -0.192. The molecule has 2 aliphatic carbocycles. The van der Waals surface area contributed by atoms with Crippen molar-refractivity contribution in [3.05, 3.63) is 27.7 Å². The van der Waals surface area contributed by atoms with Gasteiger partial charge in [-0.1, -0.05) is 18.9 Å². The average molecular weight is 450 g/mol. The van der Waals surface area contributed by atoms with E-state index in [-0.39, 0.29) is 0 Å². The van der Waals surface area contributed by atoms with E-state index in [1.807, 2.05) is 6.07 Å². The van der Waals surface area contributed by atoms with Crippen molar-refractivity contribution in [2.75, 3.05) is 13.6 Å². The van der Waals surface area contributed by atoms with Gasteiger partial charge in [0, 0.05) is 11.5 Å². The molecule has 1 aromatic carbocycles. The fraction of sp³-hybridized carbons (Fsp3) is 0.632. The van der Waals surface area contributed by atoms with Crippen LogP contribution in [0.5, 0.6) is 5.75 Å². The van der Waals surface area contributed by atoms with Crippen LogP contribution in [-0.2, 0) is 16.6 Å². The Morgan fingerprint density at radius 3 is 2.59 bits per heavy atom. The van der Waals surface area contributed by atoms with E-state index in [2.05, 4.69) is 33.9 Å². The SMILES string of the molecule is CN1CC[C@@]23CCCC[C@@H]2[C@@H]1Cc1ccc(O)c(Br)c13.O=C(O)C(F)(F)F. The molecule has 0 unspecified atom stereocenters. The van der Waals surface area contributed by atoms with Gasteiger partial charge in [0.15, 0.2) is 0 Å². The summed E-state index contributed by atoms with van der Waals surface area (Å²) in [5.74, 6) is -1.56. The molecule has 0 spiro atoms.